The lowest BCUT2D eigenvalue weighted by Crippen LogP contribution is -2.38. The Morgan fingerprint density at radius 2 is 2.00 bits per heavy atom. The third-order valence-corrected chi connectivity index (χ3v) is 6.85. The minimum Gasteiger partial charge on any atom is -0.351 e. The predicted octanol–water partition coefficient (Wildman–Crippen LogP) is 4.22. The Bertz CT molecular complexity index is 792. The van der Waals surface area contributed by atoms with Crippen molar-refractivity contribution in [1.29, 1.82) is 0 Å². The molecule has 0 saturated carbocycles. The zero-order valence-electron chi connectivity index (χ0n) is 16.0. The van der Waals surface area contributed by atoms with Gasteiger partial charge in [-0.2, -0.15) is 0 Å². The van der Waals surface area contributed by atoms with Gasteiger partial charge < -0.3 is 5.32 Å². The summed E-state index contributed by atoms with van der Waals surface area (Å²) >= 11 is 1.66. The van der Waals surface area contributed by atoms with E-state index in [-0.39, 0.29) is 11.9 Å². The number of aryl methyl sites for hydroxylation is 2. The van der Waals surface area contributed by atoms with E-state index >= 15 is 0 Å². The van der Waals surface area contributed by atoms with Crippen molar-refractivity contribution >= 4 is 17.7 Å². The van der Waals surface area contributed by atoms with Crippen molar-refractivity contribution in [2.45, 2.75) is 49.6 Å². The predicted molar refractivity (Wildman–Crippen MR) is 112 cm³/mol. The van der Waals surface area contributed by atoms with Gasteiger partial charge in [-0.3, -0.25) is 9.69 Å². The normalized spacial score (nSPS) is 20.4. The van der Waals surface area contributed by atoms with E-state index in [1.54, 1.807) is 11.8 Å². The van der Waals surface area contributed by atoms with E-state index in [1.165, 1.54) is 40.8 Å². The standard InChI is InChI=1S/C23H28N2OS/c1-17(18-6-3-2-4-7-18)25-13-12-21(15-25)24-23(26)16-27-22-11-10-19-8-5-9-20(19)14-22/h2-4,6-7,10-11,14,17,21H,5,8-9,12-13,15-16H2,1H3,(H,24,26). The number of carbonyl (C=O) groups is 1. The van der Waals surface area contributed by atoms with Crippen LogP contribution in [0.3, 0.4) is 0 Å². The van der Waals surface area contributed by atoms with E-state index in [0.29, 0.717) is 11.8 Å². The van der Waals surface area contributed by atoms with Gasteiger partial charge in [0.05, 0.1) is 5.75 Å². The molecule has 3 nitrogen and oxygen atoms in total. The molecule has 27 heavy (non-hydrogen) atoms. The van der Waals surface area contributed by atoms with E-state index in [1.807, 2.05) is 0 Å². The highest BCUT2D eigenvalue weighted by atomic mass is 32.2. The lowest BCUT2D eigenvalue weighted by Gasteiger charge is -2.24. The molecular weight excluding hydrogens is 352 g/mol. The lowest BCUT2D eigenvalue weighted by molar-refractivity contribution is -0.119. The molecule has 2 atom stereocenters. The molecular formula is C23H28N2OS. The first-order valence-corrected chi connectivity index (χ1v) is 11.0. The number of carbonyl (C=O) groups excluding carboxylic acids is 1. The molecule has 0 radical (unpaired) electrons. The number of hydrogen-bond acceptors (Lipinski definition) is 3. The fourth-order valence-corrected chi connectivity index (χ4v) is 5.03. The highest BCUT2D eigenvalue weighted by molar-refractivity contribution is 8.00. The SMILES string of the molecule is CC(c1ccccc1)N1CCC(NC(=O)CSc2ccc3c(c2)CCC3)C1. The molecule has 1 heterocycles. The summed E-state index contributed by atoms with van der Waals surface area (Å²) in [5.74, 6) is 0.656. The number of fused-ring (bicyclic) bond motifs is 1. The summed E-state index contributed by atoms with van der Waals surface area (Å²) < 4.78 is 0. The maximum atomic E-state index is 12.4. The largest absolute Gasteiger partial charge is 0.351 e. The molecule has 2 unspecified atom stereocenters. The summed E-state index contributed by atoms with van der Waals surface area (Å²) in [6.07, 6.45) is 4.70. The third-order valence-electron chi connectivity index (χ3n) is 5.85. The fourth-order valence-electron chi connectivity index (χ4n) is 4.26. The summed E-state index contributed by atoms with van der Waals surface area (Å²) in [6.45, 7) is 4.23. The summed E-state index contributed by atoms with van der Waals surface area (Å²) in [5.41, 5.74) is 4.31. The van der Waals surface area contributed by atoms with Crippen LogP contribution < -0.4 is 5.32 Å². The van der Waals surface area contributed by atoms with Crippen LogP contribution in [0, 0.1) is 0 Å². The van der Waals surface area contributed by atoms with Crippen LogP contribution in [0.4, 0.5) is 0 Å². The molecule has 2 aromatic rings. The average molecular weight is 381 g/mol. The molecule has 0 aromatic heterocycles. The first-order valence-electron chi connectivity index (χ1n) is 10.0. The Kier molecular flexibility index (Phi) is 5.84. The van der Waals surface area contributed by atoms with Crippen molar-refractivity contribution in [3.8, 4) is 0 Å². The lowest BCUT2D eigenvalue weighted by atomic mass is 10.1. The molecule has 4 heteroatoms. The van der Waals surface area contributed by atoms with Crippen molar-refractivity contribution in [1.82, 2.24) is 10.2 Å². The Balaban J connectivity index is 1.24. The highest BCUT2D eigenvalue weighted by Gasteiger charge is 2.27. The smallest absolute Gasteiger partial charge is 0.230 e. The number of nitrogens with zero attached hydrogens (tertiary/aromatic N) is 1. The quantitative estimate of drug-likeness (QED) is 0.762. The van der Waals surface area contributed by atoms with Gasteiger partial charge in [0.1, 0.15) is 0 Å². The Morgan fingerprint density at radius 1 is 1.19 bits per heavy atom. The van der Waals surface area contributed by atoms with Crippen LogP contribution in [0.15, 0.2) is 53.4 Å². The van der Waals surface area contributed by atoms with Crippen LogP contribution >= 0.6 is 11.8 Å². The number of rotatable bonds is 6. The summed E-state index contributed by atoms with van der Waals surface area (Å²) in [5, 5.41) is 3.24. The number of amides is 1. The second kappa shape index (κ2) is 8.49. The molecule has 1 N–H and O–H groups in total. The van der Waals surface area contributed by atoms with Gasteiger partial charge in [-0.25, -0.2) is 0 Å². The Labute approximate surface area is 166 Å². The van der Waals surface area contributed by atoms with E-state index < -0.39 is 0 Å². The molecule has 0 spiro atoms. The van der Waals surface area contributed by atoms with E-state index in [4.69, 9.17) is 0 Å². The summed E-state index contributed by atoms with van der Waals surface area (Å²) in [4.78, 5) is 16.1. The Morgan fingerprint density at radius 3 is 2.85 bits per heavy atom. The van der Waals surface area contributed by atoms with Gasteiger partial charge in [0, 0.05) is 30.1 Å². The van der Waals surface area contributed by atoms with Gasteiger partial charge in [0.15, 0.2) is 0 Å². The summed E-state index contributed by atoms with van der Waals surface area (Å²) in [6, 6.07) is 18.0. The monoisotopic (exact) mass is 380 g/mol. The zero-order valence-corrected chi connectivity index (χ0v) is 16.8. The topological polar surface area (TPSA) is 32.3 Å². The fraction of sp³-hybridized carbons (Fsp3) is 0.435. The minimum atomic E-state index is 0.153. The maximum absolute atomic E-state index is 12.4. The number of likely N-dealkylation sites (tertiary alicyclic amines) is 1. The van der Waals surface area contributed by atoms with Crippen LogP contribution in [0.25, 0.3) is 0 Å². The van der Waals surface area contributed by atoms with Crippen LogP contribution in [-0.4, -0.2) is 35.7 Å². The molecule has 0 bridgehead atoms. The summed E-state index contributed by atoms with van der Waals surface area (Å²) in [7, 11) is 0. The van der Waals surface area contributed by atoms with Gasteiger partial charge in [0.25, 0.3) is 0 Å². The van der Waals surface area contributed by atoms with Gasteiger partial charge in [-0.15, -0.1) is 11.8 Å². The van der Waals surface area contributed by atoms with Crippen molar-refractivity contribution in [3.63, 3.8) is 0 Å². The first kappa shape index (κ1) is 18.6. The number of nitrogens with one attached hydrogen (secondary N) is 1. The average Bonchev–Trinajstić information content (AvgIpc) is 3.35. The number of benzene rings is 2. The molecule has 2 aromatic carbocycles. The van der Waals surface area contributed by atoms with Crippen molar-refractivity contribution in [2.24, 2.45) is 0 Å². The molecule has 142 valence electrons. The molecule has 1 amide bonds. The zero-order chi connectivity index (χ0) is 18.6. The molecule has 1 saturated heterocycles. The second-order valence-corrected chi connectivity index (χ2v) is 8.76. The van der Waals surface area contributed by atoms with Gasteiger partial charge >= 0.3 is 0 Å². The molecule has 4 rings (SSSR count). The molecule has 1 aliphatic heterocycles. The van der Waals surface area contributed by atoms with E-state index in [9.17, 15) is 4.79 Å². The van der Waals surface area contributed by atoms with Gasteiger partial charge in [-0.05, 0) is 61.4 Å². The van der Waals surface area contributed by atoms with Crippen LogP contribution in [0.1, 0.15) is 42.5 Å². The third kappa shape index (κ3) is 4.56. The van der Waals surface area contributed by atoms with Crippen LogP contribution in [0.5, 0.6) is 0 Å². The van der Waals surface area contributed by atoms with Crippen molar-refractivity contribution < 1.29 is 4.79 Å². The molecule has 2 aliphatic rings. The number of hydrogen-bond donors (Lipinski definition) is 1. The first-order chi connectivity index (χ1) is 13.2. The van der Waals surface area contributed by atoms with E-state index in [0.717, 1.165) is 19.5 Å². The molecule has 1 aliphatic carbocycles. The number of thioether (sulfide) groups is 1. The van der Waals surface area contributed by atoms with Crippen molar-refractivity contribution in [3.05, 3.63) is 65.2 Å². The van der Waals surface area contributed by atoms with Crippen molar-refractivity contribution in [2.75, 3.05) is 18.8 Å². The maximum Gasteiger partial charge on any atom is 0.230 e. The van der Waals surface area contributed by atoms with E-state index in [2.05, 4.69) is 65.7 Å². The Hall–Kier alpha value is -1.78. The van der Waals surface area contributed by atoms with Gasteiger partial charge in [-0.1, -0.05) is 36.4 Å². The molecule has 1 fully saturated rings. The minimum absolute atomic E-state index is 0.153. The van der Waals surface area contributed by atoms with Crippen LogP contribution in [0.2, 0.25) is 0 Å². The van der Waals surface area contributed by atoms with Gasteiger partial charge in [0.2, 0.25) is 5.91 Å². The second-order valence-electron chi connectivity index (χ2n) is 7.71. The highest BCUT2D eigenvalue weighted by Crippen LogP contribution is 2.28. The van der Waals surface area contributed by atoms with Crippen LogP contribution in [-0.2, 0) is 17.6 Å².